The highest BCUT2D eigenvalue weighted by molar-refractivity contribution is 9.10. The molecular formula is C18H14BrClN2O2S. The fourth-order valence-corrected chi connectivity index (χ4v) is 4.42. The first kappa shape index (κ1) is 16.8. The topological polar surface area (TPSA) is 48.2 Å². The maximum atomic E-state index is 6.47. The third-order valence-electron chi connectivity index (χ3n) is 3.94. The predicted molar refractivity (Wildman–Crippen MR) is 106 cm³/mol. The molecule has 3 aromatic heterocycles. The average Bonchev–Trinajstić information content (AvgIpc) is 3.20. The Morgan fingerprint density at radius 1 is 1.24 bits per heavy atom. The quantitative estimate of drug-likeness (QED) is 0.360. The summed E-state index contributed by atoms with van der Waals surface area (Å²) in [6.45, 7) is 4.25. The second-order valence-corrected chi connectivity index (χ2v) is 8.04. The lowest BCUT2D eigenvalue weighted by Gasteiger charge is -2.03. The van der Waals surface area contributed by atoms with Crippen molar-refractivity contribution in [2.45, 2.75) is 19.8 Å². The van der Waals surface area contributed by atoms with Crippen molar-refractivity contribution in [1.82, 2.24) is 9.97 Å². The van der Waals surface area contributed by atoms with Crippen LogP contribution in [0.25, 0.3) is 33.5 Å². The van der Waals surface area contributed by atoms with Crippen molar-refractivity contribution < 1.29 is 9.15 Å². The Kier molecular flexibility index (Phi) is 4.22. The Bertz CT molecular complexity index is 1100. The summed E-state index contributed by atoms with van der Waals surface area (Å²) in [6.07, 6.45) is 0. The summed E-state index contributed by atoms with van der Waals surface area (Å²) >= 11 is 11.7. The Hall–Kier alpha value is -1.63. The van der Waals surface area contributed by atoms with Gasteiger partial charge in [0, 0.05) is 11.3 Å². The minimum absolute atomic E-state index is 0.381. The monoisotopic (exact) mass is 436 g/mol. The van der Waals surface area contributed by atoms with E-state index in [2.05, 4.69) is 34.8 Å². The molecule has 0 fully saturated rings. The van der Waals surface area contributed by atoms with Gasteiger partial charge in [-0.1, -0.05) is 25.4 Å². The number of hydrogen-bond donors (Lipinski definition) is 0. The summed E-state index contributed by atoms with van der Waals surface area (Å²) in [7, 11) is 1.63. The van der Waals surface area contributed by atoms with Crippen molar-refractivity contribution in [2.75, 3.05) is 7.11 Å². The van der Waals surface area contributed by atoms with E-state index in [4.69, 9.17) is 25.7 Å². The molecule has 0 N–H and O–H groups in total. The van der Waals surface area contributed by atoms with Gasteiger partial charge in [-0.2, -0.15) is 0 Å². The molecule has 0 amide bonds. The summed E-state index contributed by atoms with van der Waals surface area (Å²) in [4.78, 5) is 9.46. The fraction of sp³-hybridized carbons (Fsp3) is 0.222. The summed E-state index contributed by atoms with van der Waals surface area (Å²) < 4.78 is 12.1. The average molecular weight is 438 g/mol. The summed E-state index contributed by atoms with van der Waals surface area (Å²) in [5.74, 6) is 1.10. The molecule has 7 heteroatoms. The third-order valence-corrected chi connectivity index (χ3v) is 6.16. The van der Waals surface area contributed by atoms with Gasteiger partial charge in [-0.05, 0) is 34.1 Å². The number of methoxy groups -OCH3 is 1. The van der Waals surface area contributed by atoms with Gasteiger partial charge >= 0.3 is 0 Å². The molecule has 0 saturated heterocycles. The molecule has 0 saturated carbocycles. The van der Waals surface area contributed by atoms with E-state index in [1.807, 2.05) is 17.5 Å². The van der Waals surface area contributed by atoms with Crippen molar-refractivity contribution in [3.05, 3.63) is 38.1 Å². The maximum Gasteiger partial charge on any atom is 0.172 e. The van der Waals surface area contributed by atoms with Crippen molar-refractivity contribution in [1.29, 1.82) is 0 Å². The Morgan fingerprint density at radius 3 is 2.72 bits per heavy atom. The molecule has 25 heavy (non-hydrogen) atoms. The number of rotatable bonds is 3. The van der Waals surface area contributed by atoms with Crippen LogP contribution in [0.2, 0.25) is 5.02 Å². The second-order valence-electron chi connectivity index (χ2n) is 5.95. The first-order chi connectivity index (χ1) is 12.0. The van der Waals surface area contributed by atoms with Crippen LogP contribution in [-0.4, -0.2) is 17.1 Å². The van der Waals surface area contributed by atoms with Crippen LogP contribution in [0, 0.1) is 0 Å². The highest BCUT2D eigenvalue weighted by Gasteiger charge is 2.19. The molecule has 0 spiro atoms. The van der Waals surface area contributed by atoms with Gasteiger partial charge in [0.25, 0.3) is 0 Å². The predicted octanol–water partition coefficient (Wildman–Crippen LogP) is 6.65. The molecule has 0 aliphatic heterocycles. The lowest BCUT2D eigenvalue weighted by molar-refractivity contribution is 0.413. The van der Waals surface area contributed by atoms with Crippen LogP contribution >= 0.6 is 38.9 Å². The fourth-order valence-electron chi connectivity index (χ4n) is 2.68. The third kappa shape index (κ3) is 2.72. The normalized spacial score (nSPS) is 11.8. The van der Waals surface area contributed by atoms with Crippen LogP contribution in [0.15, 0.2) is 32.5 Å². The number of halogens is 2. The zero-order valence-corrected chi connectivity index (χ0v) is 16.9. The number of hydrogen-bond acceptors (Lipinski definition) is 5. The van der Waals surface area contributed by atoms with Gasteiger partial charge in [-0.3, -0.25) is 0 Å². The Balaban J connectivity index is 2.00. The highest BCUT2D eigenvalue weighted by atomic mass is 79.9. The van der Waals surface area contributed by atoms with E-state index in [9.17, 15) is 0 Å². The SMILES string of the molecule is COc1ccc2oc3c(Cl)cc(-c4csc(C(C)C)n4)nc3c2c1Br. The molecular weight excluding hydrogens is 424 g/mol. The number of aromatic nitrogens is 2. The number of benzene rings is 1. The molecule has 0 bridgehead atoms. The Morgan fingerprint density at radius 2 is 2.04 bits per heavy atom. The van der Waals surface area contributed by atoms with Gasteiger partial charge in [0.15, 0.2) is 5.58 Å². The van der Waals surface area contributed by atoms with Gasteiger partial charge in [0.05, 0.1) is 38.4 Å². The molecule has 0 radical (unpaired) electrons. The van der Waals surface area contributed by atoms with E-state index >= 15 is 0 Å². The minimum atomic E-state index is 0.381. The van der Waals surface area contributed by atoms with E-state index in [1.165, 1.54) is 0 Å². The van der Waals surface area contributed by atoms with Gasteiger partial charge in [0.1, 0.15) is 16.8 Å². The lowest BCUT2D eigenvalue weighted by Crippen LogP contribution is -1.89. The number of pyridine rings is 1. The molecule has 128 valence electrons. The number of ether oxygens (including phenoxy) is 1. The van der Waals surface area contributed by atoms with Crippen molar-refractivity contribution in [3.63, 3.8) is 0 Å². The molecule has 1 aromatic carbocycles. The van der Waals surface area contributed by atoms with Crippen LogP contribution in [-0.2, 0) is 0 Å². The van der Waals surface area contributed by atoms with Crippen LogP contribution in [0.3, 0.4) is 0 Å². The zero-order chi connectivity index (χ0) is 17.7. The number of furan rings is 1. The highest BCUT2D eigenvalue weighted by Crippen LogP contribution is 2.41. The molecule has 0 unspecified atom stereocenters. The van der Waals surface area contributed by atoms with Crippen molar-refractivity contribution in [3.8, 4) is 17.1 Å². The standard InChI is InChI=1S/C18H14BrClN2O2S/c1-8(2)18-22-11(7-25-18)10-6-9(20)17-16(21-10)14-12(24-17)4-5-13(23-3)15(14)19/h4-8H,1-3H3. The van der Waals surface area contributed by atoms with Gasteiger partial charge in [-0.25, -0.2) is 9.97 Å². The van der Waals surface area contributed by atoms with Crippen LogP contribution in [0.1, 0.15) is 24.8 Å². The molecule has 3 heterocycles. The molecule has 0 atom stereocenters. The van der Waals surface area contributed by atoms with Gasteiger partial charge in [0.2, 0.25) is 0 Å². The first-order valence-electron chi connectivity index (χ1n) is 7.70. The van der Waals surface area contributed by atoms with E-state index in [-0.39, 0.29) is 0 Å². The lowest BCUT2D eigenvalue weighted by atomic mass is 10.2. The molecule has 4 nitrogen and oxygen atoms in total. The number of thiazole rings is 1. The molecule has 0 aliphatic rings. The number of fused-ring (bicyclic) bond motifs is 3. The van der Waals surface area contributed by atoms with Gasteiger partial charge < -0.3 is 9.15 Å². The largest absolute Gasteiger partial charge is 0.496 e. The second kappa shape index (κ2) is 6.27. The smallest absolute Gasteiger partial charge is 0.172 e. The molecule has 4 rings (SSSR count). The summed E-state index contributed by atoms with van der Waals surface area (Å²) in [5.41, 5.74) is 3.52. The van der Waals surface area contributed by atoms with Gasteiger partial charge in [-0.15, -0.1) is 11.3 Å². The molecule has 4 aromatic rings. The van der Waals surface area contributed by atoms with E-state index in [0.717, 1.165) is 26.3 Å². The molecule has 0 aliphatic carbocycles. The van der Waals surface area contributed by atoms with Crippen molar-refractivity contribution in [2.24, 2.45) is 0 Å². The maximum absolute atomic E-state index is 6.47. The summed E-state index contributed by atoms with van der Waals surface area (Å²) in [6, 6.07) is 5.51. The Labute approximate surface area is 161 Å². The van der Waals surface area contributed by atoms with Crippen LogP contribution in [0.5, 0.6) is 5.75 Å². The van der Waals surface area contributed by atoms with Crippen LogP contribution in [0.4, 0.5) is 0 Å². The van der Waals surface area contributed by atoms with E-state index < -0.39 is 0 Å². The first-order valence-corrected chi connectivity index (χ1v) is 9.75. The number of nitrogens with zero attached hydrogens (tertiary/aromatic N) is 2. The minimum Gasteiger partial charge on any atom is -0.496 e. The summed E-state index contributed by atoms with van der Waals surface area (Å²) in [5, 5.41) is 4.45. The van der Waals surface area contributed by atoms with Crippen molar-refractivity contribution >= 4 is 60.9 Å². The van der Waals surface area contributed by atoms with Crippen LogP contribution < -0.4 is 4.74 Å². The zero-order valence-electron chi connectivity index (χ0n) is 13.8. The van der Waals surface area contributed by atoms with E-state index in [1.54, 1.807) is 24.5 Å². The van der Waals surface area contributed by atoms with E-state index in [0.29, 0.717) is 33.4 Å².